The van der Waals surface area contributed by atoms with Gasteiger partial charge in [-0.3, -0.25) is 0 Å². The molecule has 3 atom stereocenters. The minimum Gasteiger partial charge on any atom is -0.328 e. The van der Waals surface area contributed by atoms with E-state index in [1.54, 1.807) is 12.1 Å². The molecule has 0 saturated carbocycles. The Bertz CT molecular complexity index is 330. The standard InChI is InChI=1S/C12H17FN2/c1-8-5-11(14)7-12(15-8)9-3-2-4-10(13)6-9/h2-4,6,8,11-12,15H,5,7,14H2,1H3/t8-,11+,12-/m0/s1. The zero-order valence-electron chi connectivity index (χ0n) is 8.91. The number of hydrogen-bond donors (Lipinski definition) is 2. The van der Waals surface area contributed by atoms with Gasteiger partial charge in [0, 0.05) is 18.1 Å². The molecule has 2 rings (SSSR count). The number of benzene rings is 1. The molecule has 1 fully saturated rings. The maximum absolute atomic E-state index is 13.1. The van der Waals surface area contributed by atoms with Gasteiger partial charge in [0.05, 0.1) is 0 Å². The number of piperidine rings is 1. The third-order valence-corrected chi connectivity index (χ3v) is 2.93. The van der Waals surface area contributed by atoms with E-state index in [9.17, 15) is 4.39 Å². The number of nitrogens with one attached hydrogen (secondary N) is 1. The maximum Gasteiger partial charge on any atom is 0.123 e. The summed E-state index contributed by atoms with van der Waals surface area (Å²) in [5, 5.41) is 3.44. The van der Waals surface area contributed by atoms with Gasteiger partial charge in [-0.05, 0) is 37.5 Å². The molecule has 0 spiro atoms. The molecule has 3 N–H and O–H groups in total. The zero-order valence-corrected chi connectivity index (χ0v) is 8.91. The van der Waals surface area contributed by atoms with Crippen molar-refractivity contribution < 1.29 is 4.39 Å². The lowest BCUT2D eigenvalue weighted by molar-refractivity contribution is 0.307. The van der Waals surface area contributed by atoms with Crippen LogP contribution in [0, 0.1) is 5.82 Å². The summed E-state index contributed by atoms with van der Waals surface area (Å²) < 4.78 is 13.1. The predicted molar refractivity (Wildman–Crippen MR) is 58.9 cm³/mol. The van der Waals surface area contributed by atoms with E-state index in [1.807, 2.05) is 6.07 Å². The normalized spacial score (nSPS) is 31.5. The molecule has 1 aliphatic heterocycles. The molecule has 1 aromatic rings. The van der Waals surface area contributed by atoms with Gasteiger partial charge in [-0.25, -0.2) is 4.39 Å². The van der Waals surface area contributed by atoms with E-state index in [-0.39, 0.29) is 17.9 Å². The van der Waals surface area contributed by atoms with Crippen molar-refractivity contribution in [3.63, 3.8) is 0 Å². The fraction of sp³-hybridized carbons (Fsp3) is 0.500. The lowest BCUT2D eigenvalue weighted by Gasteiger charge is -2.33. The first-order valence-electron chi connectivity index (χ1n) is 5.42. The maximum atomic E-state index is 13.1. The predicted octanol–water partition coefficient (Wildman–Crippen LogP) is 1.97. The van der Waals surface area contributed by atoms with Crippen LogP contribution < -0.4 is 11.1 Å². The van der Waals surface area contributed by atoms with E-state index < -0.39 is 0 Å². The Morgan fingerprint density at radius 3 is 2.87 bits per heavy atom. The monoisotopic (exact) mass is 208 g/mol. The summed E-state index contributed by atoms with van der Waals surface area (Å²) in [7, 11) is 0. The minimum absolute atomic E-state index is 0.180. The Morgan fingerprint density at radius 2 is 2.20 bits per heavy atom. The second-order valence-corrected chi connectivity index (χ2v) is 4.41. The summed E-state index contributed by atoms with van der Waals surface area (Å²) in [5.41, 5.74) is 6.95. The van der Waals surface area contributed by atoms with Crippen LogP contribution in [0.1, 0.15) is 31.4 Å². The van der Waals surface area contributed by atoms with Gasteiger partial charge in [0.25, 0.3) is 0 Å². The smallest absolute Gasteiger partial charge is 0.123 e. The van der Waals surface area contributed by atoms with E-state index in [2.05, 4.69) is 12.2 Å². The van der Waals surface area contributed by atoms with E-state index in [1.165, 1.54) is 6.07 Å². The molecule has 3 heteroatoms. The number of hydrogen-bond acceptors (Lipinski definition) is 2. The van der Waals surface area contributed by atoms with E-state index >= 15 is 0 Å². The van der Waals surface area contributed by atoms with Crippen LogP contribution in [0.2, 0.25) is 0 Å². The molecule has 0 aliphatic carbocycles. The highest BCUT2D eigenvalue weighted by Crippen LogP contribution is 2.25. The van der Waals surface area contributed by atoms with Gasteiger partial charge in [-0.1, -0.05) is 12.1 Å². The van der Waals surface area contributed by atoms with Crippen molar-refractivity contribution in [2.24, 2.45) is 5.73 Å². The van der Waals surface area contributed by atoms with Crippen molar-refractivity contribution in [2.45, 2.75) is 37.9 Å². The Labute approximate surface area is 89.7 Å². The Kier molecular flexibility index (Phi) is 3.03. The van der Waals surface area contributed by atoms with Gasteiger partial charge >= 0.3 is 0 Å². The molecular formula is C12H17FN2. The van der Waals surface area contributed by atoms with Crippen molar-refractivity contribution in [2.75, 3.05) is 0 Å². The number of nitrogens with two attached hydrogens (primary N) is 1. The molecule has 1 saturated heterocycles. The topological polar surface area (TPSA) is 38.0 Å². The van der Waals surface area contributed by atoms with Gasteiger partial charge < -0.3 is 11.1 Å². The SMILES string of the molecule is C[C@H]1C[C@@H](N)C[C@@H](c2cccc(F)c2)N1. The van der Waals surface area contributed by atoms with Gasteiger partial charge in [0.2, 0.25) is 0 Å². The molecule has 0 unspecified atom stereocenters. The van der Waals surface area contributed by atoms with Crippen molar-refractivity contribution in [3.05, 3.63) is 35.6 Å². The molecule has 1 aliphatic rings. The van der Waals surface area contributed by atoms with Crippen LogP contribution in [-0.4, -0.2) is 12.1 Å². The van der Waals surface area contributed by atoms with Crippen molar-refractivity contribution in [1.29, 1.82) is 0 Å². The lowest BCUT2D eigenvalue weighted by atomic mass is 9.91. The number of rotatable bonds is 1. The van der Waals surface area contributed by atoms with E-state index in [0.717, 1.165) is 18.4 Å². The second-order valence-electron chi connectivity index (χ2n) is 4.41. The van der Waals surface area contributed by atoms with Crippen LogP contribution in [0.25, 0.3) is 0 Å². The molecule has 1 heterocycles. The highest BCUT2D eigenvalue weighted by atomic mass is 19.1. The minimum atomic E-state index is -0.180. The van der Waals surface area contributed by atoms with Crippen molar-refractivity contribution in [3.8, 4) is 0 Å². The third kappa shape index (κ3) is 2.55. The summed E-state index contributed by atoms with van der Waals surface area (Å²) >= 11 is 0. The Balaban J connectivity index is 2.16. The first-order chi connectivity index (χ1) is 7.15. The lowest BCUT2D eigenvalue weighted by Crippen LogP contribution is -2.44. The highest BCUT2D eigenvalue weighted by Gasteiger charge is 2.24. The average Bonchev–Trinajstić information content (AvgIpc) is 2.16. The summed E-state index contributed by atoms with van der Waals surface area (Å²) in [6.45, 7) is 2.12. The van der Waals surface area contributed by atoms with Gasteiger partial charge in [-0.15, -0.1) is 0 Å². The molecular weight excluding hydrogens is 191 g/mol. The fourth-order valence-corrected chi connectivity index (χ4v) is 2.29. The van der Waals surface area contributed by atoms with Crippen LogP contribution in [0.4, 0.5) is 4.39 Å². The van der Waals surface area contributed by atoms with Crippen LogP contribution in [0.15, 0.2) is 24.3 Å². The Hall–Kier alpha value is -0.930. The Morgan fingerprint density at radius 1 is 1.40 bits per heavy atom. The second kappa shape index (κ2) is 4.29. The first-order valence-corrected chi connectivity index (χ1v) is 5.42. The van der Waals surface area contributed by atoms with E-state index in [4.69, 9.17) is 5.73 Å². The quantitative estimate of drug-likeness (QED) is 0.740. The van der Waals surface area contributed by atoms with Crippen LogP contribution >= 0.6 is 0 Å². The number of halogens is 1. The molecule has 0 amide bonds. The van der Waals surface area contributed by atoms with Gasteiger partial charge in [-0.2, -0.15) is 0 Å². The van der Waals surface area contributed by atoms with Gasteiger partial charge in [0.1, 0.15) is 5.82 Å². The van der Waals surface area contributed by atoms with Crippen LogP contribution in [0.5, 0.6) is 0 Å². The highest BCUT2D eigenvalue weighted by molar-refractivity contribution is 5.21. The molecule has 2 nitrogen and oxygen atoms in total. The summed E-state index contributed by atoms with van der Waals surface area (Å²) in [6.07, 6.45) is 1.87. The molecule has 82 valence electrons. The largest absolute Gasteiger partial charge is 0.328 e. The molecule has 0 aromatic heterocycles. The molecule has 15 heavy (non-hydrogen) atoms. The van der Waals surface area contributed by atoms with Crippen molar-refractivity contribution >= 4 is 0 Å². The molecule has 1 aromatic carbocycles. The van der Waals surface area contributed by atoms with Crippen LogP contribution in [-0.2, 0) is 0 Å². The van der Waals surface area contributed by atoms with Crippen molar-refractivity contribution in [1.82, 2.24) is 5.32 Å². The van der Waals surface area contributed by atoms with Crippen LogP contribution in [0.3, 0.4) is 0 Å². The molecule has 0 radical (unpaired) electrons. The summed E-state index contributed by atoms with van der Waals surface area (Å²) in [4.78, 5) is 0. The summed E-state index contributed by atoms with van der Waals surface area (Å²) in [6, 6.07) is 7.57. The van der Waals surface area contributed by atoms with Gasteiger partial charge in [0.15, 0.2) is 0 Å². The molecule has 0 bridgehead atoms. The van der Waals surface area contributed by atoms with E-state index in [0.29, 0.717) is 6.04 Å². The third-order valence-electron chi connectivity index (χ3n) is 2.93. The summed E-state index contributed by atoms with van der Waals surface area (Å²) in [5.74, 6) is -0.180. The fourth-order valence-electron chi connectivity index (χ4n) is 2.29. The first kappa shape index (κ1) is 10.6. The zero-order chi connectivity index (χ0) is 10.8. The average molecular weight is 208 g/mol.